The molecule has 0 aromatic carbocycles. The predicted octanol–water partition coefficient (Wildman–Crippen LogP) is -1.92. The van der Waals surface area contributed by atoms with E-state index < -0.39 is 0 Å². The van der Waals surface area contributed by atoms with Crippen molar-refractivity contribution in [3.63, 3.8) is 0 Å². The summed E-state index contributed by atoms with van der Waals surface area (Å²) in [5.74, 6) is 0.451. The second-order valence-electron chi connectivity index (χ2n) is 3.16. The minimum atomic E-state index is 0. The third-order valence-corrected chi connectivity index (χ3v) is 2.27. The highest BCUT2D eigenvalue weighted by molar-refractivity contribution is 6.29. The van der Waals surface area contributed by atoms with E-state index in [0.29, 0.717) is 17.5 Å². The van der Waals surface area contributed by atoms with Gasteiger partial charge in [-0.1, -0.05) is 16.7 Å². The number of nitrogens with zero attached hydrogens (tertiary/aromatic N) is 2. The van der Waals surface area contributed by atoms with Crippen LogP contribution in [0.25, 0.3) is 0 Å². The molecule has 0 radical (unpaired) electrons. The van der Waals surface area contributed by atoms with Crippen LogP contribution in [-0.2, 0) is 6.54 Å². The van der Waals surface area contributed by atoms with Gasteiger partial charge in [0.15, 0.2) is 0 Å². The Morgan fingerprint density at radius 3 is 2.71 bits per heavy atom. The Labute approximate surface area is 117 Å². The van der Waals surface area contributed by atoms with Crippen molar-refractivity contribution >= 4 is 36.1 Å². The van der Waals surface area contributed by atoms with Crippen LogP contribution in [0.15, 0.2) is 35.6 Å². The molecule has 2 N–H and O–H groups in total. The van der Waals surface area contributed by atoms with Crippen LogP contribution in [0.3, 0.4) is 0 Å². The van der Waals surface area contributed by atoms with Gasteiger partial charge in [0.05, 0.1) is 6.21 Å². The van der Waals surface area contributed by atoms with Crippen molar-refractivity contribution in [3.05, 3.63) is 41.2 Å². The summed E-state index contributed by atoms with van der Waals surface area (Å²) in [7, 11) is 0. The van der Waals surface area contributed by atoms with Gasteiger partial charge >= 0.3 is 0 Å². The lowest BCUT2D eigenvalue weighted by Gasteiger charge is -2.12. The molecule has 1 aliphatic rings. The van der Waals surface area contributed by atoms with Gasteiger partial charge in [0.2, 0.25) is 5.84 Å². The highest BCUT2D eigenvalue weighted by atomic mass is 35.5. The van der Waals surface area contributed by atoms with E-state index in [9.17, 15) is 0 Å². The molecule has 1 unspecified atom stereocenters. The lowest BCUT2D eigenvalue weighted by Crippen LogP contribution is -3.09. The molecule has 2 rings (SSSR count). The molecule has 0 amide bonds. The second-order valence-corrected chi connectivity index (χ2v) is 3.55. The van der Waals surface area contributed by atoms with Crippen LogP contribution in [0, 0.1) is 5.41 Å². The molecule has 0 saturated heterocycles. The normalized spacial score (nSPS) is 17.2. The monoisotopic (exact) mass is 292 g/mol. The first-order valence-electron chi connectivity index (χ1n) is 4.51. The summed E-state index contributed by atoms with van der Waals surface area (Å²) in [6.07, 6.45) is 6.88. The van der Waals surface area contributed by atoms with Crippen molar-refractivity contribution in [1.29, 1.82) is 5.41 Å². The molecule has 1 aliphatic heterocycles. The molecular formula is C10H11Cl3N4. The Balaban J connectivity index is 0.00000128. The van der Waals surface area contributed by atoms with Crippen molar-refractivity contribution in [1.82, 2.24) is 4.98 Å². The number of hydrogen-bond donors (Lipinski definition) is 2. The summed E-state index contributed by atoms with van der Waals surface area (Å²) in [6.45, 7) is 0.615. The van der Waals surface area contributed by atoms with E-state index in [4.69, 9.17) is 17.0 Å². The molecule has 17 heavy (non-hydrogen) atoms. The number of rotatable bonds is 2. The number of amidine groups is 1. The fourth-order valence-corrected chi connectivity index (χ4v) is 1.40. The smallest absolute Gasteiger partial charge is 0.245 e. The molecule has 2 heterocycles. The van der Waals surface area contributed by atoms with E-state index in [2.05, 4.69) is 10.1 Å². The molecule has 0 saturated carbocycles. The third kappa shape index (κ3) is 4.44. The van der Waals surface area contributed by atoms with Gasteiger partial charge in [-0.3, -0.25) is 0 Å². The van der Waals surface area contributed by atoms with Gasteiger partial charge in [-0.05, 0) is 18.2 Å². The predicted molar refractivity (Wildman–Crippen MR) is 66.5 cm³/mol. The molecule has 7 heteroatoms. The molecule has 1 atom stereocenters. The maximum absolute atomic E-state index is 7.65. The first kappa shape index (κ1) is 16.1. The van der Waals surface area contributed by atoms with Gasteiger partial charge in [-0.2, -0.15) is 5.01 Å². The molecule has 92 valence electrons. The van der Waals surface area contributed by atoms with E-state index in [1.165, 1.54) is 0 Å². The molecule has 0 bridgehead atoms. The van der Waals surface area contributed by atoms with Gasteiger partial charge in [0.1, 0.15) is 11.7 Å². The van der Waals surface area contributed by atoms with Crippen molar-refractivity contribution < 1.29 is 17.4 Å². The van der Waals surface area contributed by atoms with E-state index in [1.54, 1.807) is 30.6 Å². The summed E-state index contributed by atoms with van der Waals surface area (Å²) in [5.41, 5.74) is 1.01. The van der Waals surface area contributed by atoms with Crippen LogP contribution >= 0.6 is 24.0 Å². The number of allylic oxidation sites excluding steroid dienone is 1. The maximum Gasteiger partial charge on any atom is 0.245 e. The summed E-state index contributed by atoms with van der Waals surface area (Å²) in [4.78, 5) is 3.98. The fraction of sp³-hybridized carbons (Fsp3) is 0.100. The van der Waals surface area contributed by atoms with Crippen molar-refractivity contribution in [2.45, 2.75) is 6.54 Å². The highest BCUT2D eigenvalue weighted by Gasteiger charge is 2.15. The molecular weight excluding hydrogens is 282 g/mol. The molecule has 4 nitrogen and oxygen atoms in total. The van der Waals surface area contributed by atoms with Crippen LogP contribution in [0.4, 0.5) is 0 Å². The minimum Gasteiger partial charge on any atom is -1.00 e. The summed E-state index contributed by atoms with van der Waals surface area (Å²) >= 11 is 5.68. The zero-order chi connectivity index (χ0) is 10.7. The number of quaternary nitrogens is 1. The minimum absolute atomic E-state index is 0. The quantitative estimate of drug-likeness (QED) is 0.614. The number of aromatic nitrogens is 1. The average Bonchev–Trinajstić information content (AvgIpc) is 2.25. The van der Waals surface area contributed by atoms with Crippen molar-refractivity contribution in [3.8, 4) is 0 Å². The molecule has 0 aliphatic carbocycles. The number of halogens is 3. The first-order chi connectivity index (χ1) is 7.25. The van der Waals surface area contributed by atoms with Crippen LogP contribution in [0.2, 0.25) is 5.15 Å². The number of nitrogens with one attached hydrogen (secondary N) is 2. The number of hydrogen-bond acceptors (Lipinski definition) is 3. The first-order valence-corrected chi connectivity index (χ1v) is 4.89. The van der Waals surface area contributed by atoms with Gasteiger partial charge in [0.25, 0.3) is 0 Å². The molecule has 1 aromatic heterocycles. The average molecular weight is 294 g/mol. The molecule has 1 aromatic rings. The van der Waals surface area contributed by atoms with Gasteiger partial charge < -0.3 is 12.4 Å². The van der Waals surface area contributed by atoms with Crippen molar-refractivity contribution in [2.24, 2.45) is 5.10 Å². The second kappa shape index (κ2) is 7.40. The Morgan fingerprint density at radius 2 is 2.12 bits per heavy atom. The summed E-state index contributed by atoms with van der Waals surface area (Å²) in [6, 6.07) is 3.63. The van der Waals surface area contributed by atoms with E-state index in [-0.39, 0.29) is 24.8 Å². The standard InChI is InChI=1S/C10H9ClN4.2ClH/c11-9-4-3-8(6-13-9)7-15-10(12)2-1-5-14-15;;/h1-6,12H,7H2;2*1H. The van der Waals surface area contributed by atoms with Gasteiger partial charge in [0, 0.05) is 17.8 Å². The zero-order valence-corrected chi connectivity index (χ0v) is 11.1. The molecule has 0 fully saturated rings. The van der Waals surface area contributed by atoms with E-state index in [1.807, 2.05) is 6.07 Å². The maximum atomic E-state index is 7.65. The van der Waals surface area contributed by atoms with Crippen LogP contribution in [0.5, 0.6) is 0 Å². The Hall–Kier alpha value is -0.940. The Morgan fingerprint density at radius 1 is 1.35 bits per heavy atom. The fourth-order valence-electron chi connectivity index (χ4n) is 1.28. The topological polar surface area (TPSA) is 53.5 Å². The third-order valence-electron chi connectivity index (χ3n) is 2.05. The van der Waals surface area contributed by atoms with Gasteiger partial charge in [-0.15, -0.1) is 12.4 Å². The Kier molecular flexibility index (Phi) is 6.99. The van der Waals surface area contributed by atoms with Crippen LogP contribution in [-0.4, -0.2) is 17.0 Å². The lowest BCUT2D eigenvalue weighted by atomic mass is 10.2. The largest absolute Gasteiger partial charge is 1.00 e. The van der Waals surface area contributed by atoms with Crippen LogP contribution in [0.1, 0.15) is 5.56 Å². The number of pyridine rings is 1. The van der Waals surface area contributed by atoms with Gasteiger partial charge in [-0.25, -0.2) is 10.4 Å². The van der Waals surface area contributed by atoms with Crippen molar-refractivity contribution in [2.75, 3.05) is 0 Å². The van der Waals surface area contributed by atoms with E-state index >= 15 is 0 Å². The summed E-state index contributed by atoms with van der Waals surface area (Å²) in [5, 5.41) is 13.0. The SMILES string of the molecule is Cl.N=C1C=CC=N[NH+]1Cc1ccc(Cl)nc1.[Cl-]. The zero-order valence-electron chi connectivity index (χ0n) is 8.73. The van der Waals surface area contributed by atoms with E-state index in [0.717, 1.165) is 10.6 Å². The highest BCUT2D eigenvalue weighted by Crippen LogP contribution is 2.03. The Bertz CT molecular complexity index is 428. The summed E-state index contributed by atoms with van der Waals surface area (Å²) < 4.78 is 0. The lowest BCUT2D eigenvalue weighted by molar-refractivity contribution is -0.827. The molecule has 0 spiro atoms. The van der Waals surface area contributed by atoms with Crippen LogP contribution < -0.4 is 17.4 Å².